The van der Waals surface area contributed by atoms with Gasteiger partial charge >= 0.3 is 5.97 Å². The largest absolute Gasteiger partial charge is 0.446 e. The summed E-state index contributed by atoms with van der Waals surface area (Å²) >= 11 is 0. The number of rotatable bonds is 5. The molecule has 4 rings (SSSR count). The molecule has 0 bridgehead atoms. The zero-order valence-electron chi connectivity index (χ0n) is 16.5. The van der Waals surface area contributed by atoms with Crippen molar-refractivity contribution in [2.75, 3.05) is 24.5 Å². The minimum atomic E-state index is -1.08. The van der Waals surface area contributed by atoms with Gasteiger partial charge in [0.2, 0.25) is 6.10 Å². The molecule has 2 amide bonds. The van der Waals surface area contributed by atoms with E-state index in [0.29, 0.717) is 24.3 Å². The molecule has 0 N–H and O–H groups in total. The molecule has 2 heterocycles. The number of ether oxygens (including phenoxy) is 1. The van der Waals surface area contributed by atoms with Crippen LogP contribution in [0.5, 0.6) is 0 Å². The van der Waals surface area contributed by atoms with Gasteiger partial charge in [-0.2, -0.15) is 0 Å². The Hall–Kier alpha value is -3.48. The van der Waals surface area contributed by atoms with Gasteiger partial charge < -0.3 is 9.64 Å². The van der Waals surface area contributed by atoms with E-state index >= 15 is 0 Å². The van der Waals surface area contributed by atoms with Crippen LogP contribution in [0.4, 0.5) is 5.69 Å². The first-order valence-electron chi connectivity index (χ1n) is 10.0. The smallest absolute Gasteiger partial charge is 0.327 e. The van der Waals surface area contributed by atoms with Crippen LogP contribution >= 0.6 is 0 Å². The van der Waals surface area contributed by atoms with Crippen molar-refractivity contribution in [3.8, 4) is 0 Å². The maximum absolute atomic E-state index is 13.1. The summed E-state index contributed by atoms with van der Waals surface area (Å²) in [5.41, 5.74) is 1.22. The van der Waals surface area contributed by atoms with Crippen molar-refractivity contribution in [3.05, 3.63) is 65.7 Å². The van der Waals surface area contributed by atoms with Crippen LogP contribution in [0.25, 0.3) is 0 Å². The van der Waals surface area contributed by atoms with Crippen molar-refractivity contribution in [1.29, 1.82) is 0 Å². The molecule has 0 aromatic heterocycles. The van der Waals surface area contributed by atoms with Crippen molar-refractivity contribution in [3.63, 3.8) is 0 Å². The second-order valence-electron chi connectivity index (χ2n) is 7.40. The Morgan fingerprint density at radius 1 is 0.900 bits per heavy atom. The molecular weight excluding hydrogens is 384 g/mol. The summed E-state index contributed by atoms with van der Waals surface area (Å²) in [6.07, 6.45) is 1.83. The van der Waals surface area contributed by atoms with Crippen LogP contribution < -0.4 is 4.90 Å². The van der Waals surface area contributed by atoms with Gasteiger partial charge in [-0.3, -0.25) is 24.1 Å². The van der Waals surface area contributed by atoms with Gasteiger partial charge in [-0.1, -0.05) is 42.5 Å². The van der Waals surface area contributed by atoms with Crippen molar-refractivity contribution >= 4 is 29.3 Å². The fraction of sp³-hybridized carbons (Fsp3) is 0.304. The second kappa shape index (κ2) is 8.49. The molecule has 2 aromatic carbocycles. The number of benzene rings is 2. The highest BCUT2D eigenvalue weighted by Gasteiger charge is 2.38. The SMILES string of the molecule is O=C(CN1C(=O)C(=O)c2ccccc21)O[C@@H](C(=O)N1CCCCC1)c1ccccc1. The molecule has 154 valence electrons. The summed E-state index contributed by atoms with van der Waals surface area (Å²) in [4.78, 5) is 53.1. The number of hydrogen-bond donors (Lipinski definition) is 0. The van der Waals surface area contributed by atoms with Crippen LogP contribution in [0.3, 0.4) is 0 Å². The molecule has 30 heavy (non-hydrogen) atoms. The number of ketones is 1. The van der Waals surface area contributed by atoms with Crippen LogP contribution in [-0.4, -0.2) is 48.1 Å². The number of likely N-dealkylation sites (tertiary alicyclic amines) is 1. The van der Waals surface area contributed by atoms with E-state index in [1.165, 1.54) is 0 Å². The molecule has 1 fully saturated rings. The average Bonchev–Trinajstić information content (AvgIpc) is 3.03. The van der Waals surface area contributed by atoms with Crippen molar-refractivity contribution in [2.24, 2.45) is 0 Å². The molecule has 1 atom stereocenters. The van der Waals surface area contributed by atoms with E-state index < -0.39 is 30.3 Å². The number of carbonyl (C=O) groups excluding carboxylic acids is 4. The maximum Gasteiger partial charge on any atom is 0.327 e. The second-order valence-corrected chi connectivity index (χ2v) is 7.40. The Balaban J connectivity index is 1.53. The molecule has 0 spiro atoms. The molecule has 7 heteroatoms. The van der Waals surface area contributed by atoms with Gasteiger partial charge in [0.1, 0.15) is 6.54 Å². The van der Waals surface area contributed by atoms with E-state index in [2.05, 4.69) is 0 Å². The van der Waals surface area contributed by atoms with Crippen molar-refractivity contribution in [2.45, 2.75) is 25.4 Å². The zero-order chi connectivity index (χ0) is 21.1. The van der Waals surface area contributed by atoms with Gasteiger partial charge in [-0.05, 0) is 31.4 Å². The van der Waals surface area contributed by atoms with Crippen LogP contribution in [-0.2, 0) is 19.1 Å². The van der Waals surface area contributed by atoms with Crippen LogP contribution in [0.1, 0.15) is 41.3 Å². The average molecular weight is 406 g/mol. The number of anilines is 1. The number of para-hydroxylation sites is 1. The van der Waals surface area contributed by atoms with E-state index in [9.17, 15) is 19.2 Å². The first kappa shape index (κ1) is 19.8. The number of hydrogen-bond acceptors (Lipinski definition) is 5. The predicted molar refractivity (Wildman–Crippen MR) is 109 cm³/mol. The summed E-state index contributed by atoms with van der Waals surface area (Å²) in [7, 11) is 0. The van der Waals surface area contributed by atoms with E-state index in [1.807, 2.05) is 6.07 Å². The Morgan fingerprint density at radius 3 is 2.30 bits per heavy atom. The maximum atomic E-state index is 13.1. The molecule has 0 unspecified atom stereocenters. The highest BCUT2D eigenvalue weighted by atomic mass is 16.5. The summed E-state index contributed by atoms with van der Waals surface area (Å²) in [5, 5.41) is 0. The van der Waals surface area contributed by atoms with Crippen molar-refractivity contribution in [1.82, 2.24) is 4.90 Å². The molecule has 0 saturated carbocycles. The van der Waals surface area contributed by atoms with E-state index in [1.54, 1.807) is 53.4 Å². The van der Waals surface area contributed by atoms with Gasteiger partial charge in [0.25, 0.3) is 17.6 Å². The molecule has 0 radical (unpaired) electrons. The third kappa shape index (κ3) is 3.83. The van der Waals surface area contributed by atoms with Gasteiger partial charge in [-0.15, -0.1) is 0 Å². The molecule has 1 saturated heterocycles. The number of Topliss-reactive ketones (excluding diaryl/α,β-unsaturated/α-hetero) is 1. The van der Waals surface area contributed by atoms with E-state index in [-0.39, 0.29) is 11.5 Å². The van der Waals surface area contributed by atoms with Gasteiger partial charge in [0, 0.05) is 18.7 Å². The van der Waals surface area contributed by atoms with E-state index in [4.69, 9.17) is 4.74 Å². The van der Waals surface area contributed by atoms with Crippen LogP contribution in [0, 0.1) is 0 Å². The first-order valence-corrected chi connectivity index (χ1v) is 10.0. The summed E-state index contributed by atoms with van der Waals surface area (Å²) in [6.45, 7) is 0.830. The lowest BCUT2D eigenvalue weighted by atomic mass is 10.1. The number of esters is 1. The zero-order valence-corrected chi connectivity index (χ0v) is 16.5. The normalized spacial score (nSPS) is 16.9. The molecule has 7 nitrogen and oxygen atoms in total. The Bertz CT molecular complexity index is 982. The fourth-order valence-electron chi connectivity index (χ4n) is 3.87. The number of piperidine rings is 1. The summed E-state index contributed by atoms with van der Waals surface area (Å²) in [5.74, 6) is -2.43. The fourth-order valence-corrected chi connectivity index (χ4v) is 3.87. The number of nitrogens with zero attached hydrogens (tertiary/aromatic N) is 2. The topological polar surface area (TPSA) is 84.0 Å². The molecule has 0 aliphatic carbocycles. The molecule has 2 aliphatic rings. The minimum Gasteiger partial charge on any atom is -0.446 e. The van der Waals surface area contributed by atoms with Crippen LogP contribution in [0.15, 0.2) is 54.6 Å². The molecular formula is C23H22N2O5. The van der Waals surface area contributed by atoms with Gasteiger partial charge in [0.15, 0.2) is 0 Å². The minimum absolute atomic E-state index is 0.263. The van der Waals surface area contributed by atoms with Crippen molar-refractivity contribution < 1.29 is 23.9 Å². The predicted octanol–water partition coefficient (Wildman–Crippen LogP) is 2.51. The summed E-state index contributed by atoms with van der Waals surface area (Å²) < 4.78 is 5.58. The Morgan fingerprint density at radius 2 is 1.57 bits per heavy atom. The molecule has 2 aliphatic heterocycles. The lowest BCUT2D eigenvalue weighted by Gasteiger charge is -2.30. The molecule has 2 aromatic rings. The van der Waals surface area contributed by atoms with Crippen LogP contribution in [0.2, 0.25) is 0 Å². The quantitative estimate of drug-likeness (QED) is 0.563. The third-order valence-corrected chi connectivity index (χ3v) is 5.41. The monoisotopic (exact) mass is 406 g/mol. The summed E-state index contributed by atoms with van der Waals surface area (Å²) in [6, 6.07) is 15.4. The lowest BCUT2D eigenvalue weighted by molar-refractivity contribution is -0.160. The van der Waals surface area contributed by atoms with Gasteiger partial charge in [0.05, 0.1) is 11.3 Å². The van der Waals surface area contributed by atoms with E-state index in [0.717, 1.165) is 24.2 Å². The highest BCUT2D eigenvalue weighted by Crippen LogP contribution is 2.29. The Kier molecular flexibility index (Phi) is 5.61. The Labute approximate surface area is 174 Å². The first-order chi connectivity index (χ1) is 14.6. The van der Waals surface area contributed by atoms with Gasteiger partial charge in [-0.25, -0.2) is 0 Å². The number of amides is 2. The third-order valence-electron chi connectivity index (χ3n) is 5.41. The highest BCUT2D eigenvalue weighted by molar-refractivity contribution is 6.52. The number of carbonyl (C=O) groups is 4. The standard InChI is InChI=1S/C23H22N2O5/c26-19(15-25-18-12-6-5-11-17(18)20(27)22(25)28)30-21(16-9-3-1-4-10-16)23(29)24-13-7-2-8-14-24/h1,3-6,9-12,21H,2,7-8,13-15H2/t21-/m1/s1. The number of fused-ring (bicyclic) bond motifs is 1. The lowest BCUT2D eigenvalue weighted by Crippen LogP contribution is -2.41.